The van der Waals surface area contributed by atoms with E-state index in [1.807, 2.05) is 0 Å². The molecule has 0 bridgehead atoms. The Morgan fingerprint density at radius 3 is 1.38 bits per heavy atom. The third kappa shape index (κ3) is 10.6. The highest BCUT2D eigenvalue weighted by atomic mass is 17.2. The summed E-state index contributed by atoms with van der Waals surface area (Å²) in [5.74, 6) is 3.58. The average Bonchev–Trinajstić information content (AvgIpc) is 2.85. The van der Waals surface area contributed by atoms with Gasteiger partial charge in [0.25, 0.3) is 0 Å². The standard InChI is InChI=1S/C3H4.2C2H3BO2/c1-3-2;2*1-2-4-5-3-1/h1-2H2;2*1-3H. The van der Waals surface area contributed by atoms with E-state index < -0.39 is 0 Å². The van der Waals surface area contributed by atoms with E-state index in [0.29, 0.717) is 15.0 Å². The van der Waals surface area contributed by atoms with Gasteiger partial charge in [-0.3, -0.25) is 9.61 Å². The highest BCUT2D eigenvalue weighted by Crippen LogP contribution is 1.86. The van der Waals surface area contributed by atoms with E-state index >= 15 is 0 Å². The normalized spacial score (nSPS) is 14.2. The van der Waals surface area contributed by atoms with Gasteiger partial charge in [0.15, 0.2) is 0 Å². The minimum atomic E-state index is 0.597. The Labute approximate surface area is 78.5 Å². The van der Waals surface area contributed by atoms with Gasteiger partial charge >= 0.3 is 15.0 Å². The maximum atomic E-state index is 4.33. The topological polar surface area (TPSA) is 36.9 Å². The summed E-state index contributed by atoms with van der Waals surface area (Å²) in [6, 6.07) is 0. The van der Waals surface area contributed by atoms with Gasteiger partial charge in [0.1, 0.15) is 12.5 Å². The maximum absolute atomic E-state index is 4.33. The summed E-state index contributed by atoms with van der Waals surface area (Å²) in [5.41, 5.74) is 2.25. The van der Waals surface area contributed by atoms with Crippen molar-refractivity contribution in [1.82, 2.24) is 0 Å². The van der Waals surface area contributed by atoms with Crippen LogP contribution in [0.15, 0.2) is 43.4 Å². The second-order valence-corrected chi connectivity index (χ2v) is 1.76. The molecule has 0 aliphatic carbocycles. The smallest absolute Gasteiger partial charge is 0.363 e. The van der Waals surface area contributed by atoms with Crippen molar-refractivity contribution in [3.63, 3.8) is 0 Å². The third-order valence-electron chi connectivity index (χ3n) is 0.768. The monoisotopic (exact) mass is 180 g/mol. The Hall–Kier alpha value is -1.35. The van der Waals surface area contributed by atoms with Crippen molar-refractivity contribution in [3.8, 4) is 0 Å². The zero-order valence-corrected chi connectivity index (χ0v) is 7.27. The van der Waals surface area contributed by atoms with Crippen LogP contribution in [0.5, 0.6) is 0 Å². The molecule has 2 aliphatic rings. The Kier molecular flexibility index (Phi) is 9.54. The second kappa shape index (κ2) is 10.6. The molecule has 0 aromatic heterocycles. The van der Waals surface area contributed by atoms with Crippen molar-refractivity contribution in [2.24, 2.45) is 0 Å². The van der Waals surface area contributed by atoms with Crippen LogP contribution in [-0.2, 0) is 19.4 Å². The first-order chi connectivity index (χ1) is 6.41. The third-order valence-corrected chi connectivity index (χ3v) is 0.768. The molecule has 2 rings (SSSR count). The highest BCUT2D eigenvalue weighted by Gasteiger charge is 1.89. The van der Waals surface area contributed by atoms with E-state index in [1.54, 1.807) is 12.0 Å². The van der Waals surface area contributed by atoms with Crippen molar-refractivity contribution in [3.05, 3.63) is 43.4 Å². The zero-order chi connectivity index (χ0) is 9.78. The Bertz CT molecular complexity index is 169. The predicted octanol–water partition coefficient (Wildman–Crippen LogP) is 0.499. The minimum absolute atomic E-state index is 0.597. The molecule has 6 heteroatoms. The van der Waals surface area contributed by atoms with Crippen LogP contribution >= 0.6 is 0 Å². The maximum Gasteiger partial charge on any atom is 0.368 e. The summed E-state index contributed by atoms with van der Waals surface area (Å²) in [6.07, 6.45) is 3.03. The van der Waals surface area contributed by atoms with Crippen molar-refractivity contribution in [2.75, 3.05) is 0 Å². The molecule has 0 saturated heterocycles. The lowest BCUT2D eigenvalue weighted by Gasteiger charge is -1.81. The van der Waals surface area contributed by atoms with Crippen molar-refractivity contribution in [2.45, 2.75) is 0 Å². The van der Waals surface area contributed by atoms with Crippen LogP contribution in [0.1, 0.15) is 0 Å². The summed E-state index contributed by atoms with van der Waals surface area (Å²) in [6.45, 7) is 6.25. The first-order valence-corrected chi connectivity index (χ1v) is 3.57. The van der Waals surface area contributed by atoms with E-state index in [-0.39, 0.29) is 0 Å². The fourth-order valence-electron chi connectivity index (χ4n) is 0.393. The quantitative estimate of drug-likeness (QED) is 0.309. The zero-order valence-electron chi connectivity index (χ0n) is 7.27. The van der Waals surface area contributed by atoms with Gasteiger partial charge in [-0.2, -0.15) is 0 Å². The van der Waals surface area contributed by atoms with Crippen molar-refractivity contribution >= 4 is 15.0 Å². The van der Waals surface area contributed by atoms with Crippen LogP contribution in [0.3, 0.4) is 0 Å². The van der Waals surface area contributed by atoms with Crippen LogP contribution in [0, 0.1) is 0 Å². The van der Waals surface area contributed by atoms with Gasteiger partial charge in [-0.05, 0) is 12.0 Å². The van der Waals surface area contributed by atoms with Gasteiger partial charge in [-0.25, -0.2) is 0 Å². The molecule has 0 spiro atoms. The van der Waals surface area contributed by atoms with E-state index in [9.17, 15) is 0 Å². The van der Waals surface area contributed by atoms with Gasteiger partial charge in [0, 0.05) is 0 Å². The number of hydrogen-bond donors (Lipinski definition) is 0. The summed E-state index contributed by atoms with van der Waals surface area (Å²) < 4.78 is 0. The summed E-state index contributed by atoms with van der Waals surface area (Å²) >= 11 is 0. The second-order valence-electron chi connectivity index (χ2n) is 1.76. The van der Waals surface area contributed by atoms with Crippen LogP contribution < -0.4 is 0 Å². The van der Waals surface area contributed by atoms with Crippen LogP contribution in [0.2, 0.25) is 0 Å². The van der Waals surface area contributed by atoms with Gasteiger partial charge in [0.05, 0.1) is 0 Å². The van der Waals surface area contributed by atoms with E-state index in [2.05, 4.69) is 38.3 Å². The Morgan fingerprint density at radius 1 is 0.923 bits per heavy atom. The van der Waals surface area contributed by atoms with Crippen LogP contribution in [-0.4, -0.2) is 15.0 Å². The average molecular weight is 180 g/mol. The molecule has 0 saturated carbocycles. The van der Waals surface area contributed by atoms with E-state index in [1.165, 1.54) is 12.5 Å². The lowest BCUT2D eigenvalue weighted by Crippen LogP contribution is -1.79. The summed E-state index contributed by atoms with van der Waals surface area (Å²) in [5, 5.41) is 0. The highest BCUT2D eigenvalue weighted by molar-refractivity contribution is 6.34. The van der Waals surface area contributed by atoms with Crippen molar-refractivity contribution in [1.29, 1.82) is 0 Å². The lowest BCUT2D eigenvalue weighted by atomic mass is 10.1. The molecular weight excluding hydrogens is 170 g/mol. The molecule has 4 nitrogen and oxygen atoms in total. The molecule has 0 aromatic carbocycles. The molecule has 0 unspecified atom stereocenters. The first kappa shape index (κ1) is 11.6. The molecule has 0 fully saturated rings. The molecule has 0 aromatic rings. The largest absolute Gasteiger partial charge is 0.368 e. The summed E-state index contributed by atoms with van der Waals surface area (Å²) in [7, 11) is 1.19. The molecule has 0 atom stereocenters. The molecular formula is C7H10B2O4. The molecule has 2 heterocycles. The number of hydrogen-bond acceptors (Lipinski definition) is 4. The van der Waals surface area contributed by atoms with Gasteiger partial charge in [-0.1, -0.05) is 13.2 Å². The fourth-order valence-corrected chi connectivity index (χ4v) is 0.393. The van der Waals surface area contributed by atoms with Crippen LogP contribution in [0.4, 0.5) is 0 Å². The molecule has 68 valence electrons. The van der Waals surface area contributed by atoms with Gasteiger partial charge in [0.2, 0.25) is 0 Å². The first-order valence-electron chi connectivity index (χ1n) is 3.57. The van der Waals surface area contributed by atoms with Gasteiger partial charge < -0.3 is 9.78 Å². The summed E-state index contributed by atoms with van der Waals surface area (Å²) in [4.78, 5) is 17.2. The van der Waals surface area contributed by atoms with E-state index in [0.717, 1.165) is 0 Å². The van der Waals surface area contributed by atoms with E-state index in [4.69, 9.17) is 0 Å². The molecule has 0 N–H and O–H groups in total. The molecule has 13 heavy (non-hydrogen) atoms. The Morgan fingerprint density at radius 2 is 1.31 bits per heavy atom. The molecule has 0 amide bonds. The van der Waals surface area contributed by atoms with Crippen molar-refractivity contribution < 1.29 is 19.4 Å². The minimum Gasteiger partial charge on any atom is -0.363 e. The SMILES string of the molecule is B1C=COO1.B1C=COO1.C=C=C. The van der Waals surface area contributed by atoms with Crippen LogP contribution in [0.25, 0.3) is 0 Å². The predicted molar refractivity (Wildman–Crippen MR) is 51.7 cm³/mol. The number of rotatable bonds is 0. The molecule has 0 radical (unpaired) electrons. The lowest BCUT2D eigenvalue weighted by molar-refractivity contribution is -0.138. The molecule has 2 aliphatic heterocycles. The fraction of sp³-hybridized carbons (Fsp3) is 0. The Balaban J connectivity index is 0.000000174. The van der Waals surface area contributed by atoms with Gasteiger partial charge in [-0.15, -0.1) is 5.73 Å².